The highest BCUT2D eigenvalue weighted by Crippen LogP contribution is 2.36. The summed E-state index contributed by atoms with van der Waals surface area (Å²) in [5.41, 5.74) is 0.445. The number of anilines is 1. The number of hydrogen-bond donors (Lipinski definition) is 1. The average Bonchev–Trinajstić information content (AvgIpc) is 3.19. The molecule has 3 rings (SSSR count). The smallest absolute Gasteiger partial charge is 0.291 e. The van der Waals surface area contributed by atoms with E-state index in [1.165, 1.54) is 32.1 Å². The molecule has 1 heterocycles. The van der Waals surface area contributed by atoms with Crippen molar-refractivity contribution in [3.63, 3.8) is 0 Å². The van der Waals surface area contributed by atoms with Crippen molar-refractivity contribution in [3.8, 4) is 0 Å². The summed E-state index contributed by atoms with van der Waals surface area (Å²) in [6.07, 6.45) is 7.91. The number of hydrogen-bond acceptors (Lipinski definition) is 3. The molecule has 2 saturated carbocycles. The predicted molar refractivity (Wildman–Crippen MR) is 81.2 cm³/mol. The van der Waals surface area contributed by atoms with Gasteiger partial charge in [0.2, 0.25) is 0 Å². The van der Waals surface area contributed by atoms with Crippen LogP contribution >= 0.6 is 11.6 Å². The molecule has 1 unspecified atom stereocenters. The van der Waals surface area contributed by atoms with Gasteiger partial charge in [-0.15, -0.1) is 0 Å². The molecule has 2 aliphatic rings. The molecule has 1 atom stereocenters. The second kappa shape index (κ2) is 5.76. The Morgan fingerprint density at radius 1 is 1.45 bits per heavy atom. The van der Waals surface area contributed by atoms with E-state index in [1.54, 1.807) is 10.9 Å². The minimum absolute atomic E-state index is 0.0765. The molecule has 110 valence electrons. The lowest BCUT2D eigenvalue weighted by Gasteiger charge is -2.25. The standard InChI is InChI=1S/C15H22ClN3O/c1-10(12-5-6-12)7-17-14-13(16)8-18-19(15(14)20)9-11-3-2-4-11/h8,10-12,17H,2-7,9H2,1H3. The molecule has 4 nitrogen and oxygen atoms in total. The van der Waals surface area contributed by atoms with Crippen molar-refractivity contribution < 1.29 is 0 Å². The molecule has 0 aromatic carbocycles. The van der Waals surface area contributed by atoms with Crippen molar-refractivity contribution in [2.75, 3.05) is 11.9 Å². The van der Waals surface area contributed by atoms with Gasteiger partial charge >= 0.3 is 0 Å². The van der Waals surface area contributed by atoms with Crippen LogP contribution < -0.4 is 10.9 Å². The minimum atomic E-state index is -0.0765. The molecule has 0 spiro atoms. The number of rotatable bonds is 6. The first kappa shape index (κ1) is 13.9. The van der Waals surface area contributed by atoms with E-state index in [-0.39, 0.29) is 5.56 Å². The van der Waals surface area contributed by atoms with Gasteiger partial charge in [-0.3, -0.25) is 4.79 Å². The van der Waals surface area contributed by atoms with Gasteiger partial charge in [0.05, 0.1) is 11.2 Å². The first-order chi connectivity index (χ1) is 9.65. The first-order valence-electron chi connectivity index (χ1n) is 7.64. The van der Waals surface area contributed by atoms with Gasteiger partial charge in [0.25, 0.3) is 5.56 Å². The molecule has 0 saturated heterocycles. The fourth-order valence-electron chi connectivity index (χ4n) is 2.77. The number of halogens is 1. The predicted octanol–water partition coefficient (Wildman–Crippen LogP) is 3.15. The van der Waals surface area contributed by atoms with Gasteiger partial charge in [0.15, 0.2) is 0 Å². The molecule has 1 N–H and O–H groups in total. The highest BCUT2D eigenvalue weighted by atomic mass is 35.5. The van der Waals surface area contributed by atoms with Crippen molar-refractivity contribution in [2.45, 2.75) is 45.6 Å². The summed E-state index contributed by atoms with van der Waals surface area (Å²) < 4.78 is 1.57. The summed E-state index contributed by atoms with van der Waals surface area (Å²) in [5.74, 6) is 2.03. The Bertz CT molecular complexity index is 534. The average molecular weight is 296 g/mol. The van der Waals surface area contributed by atoms with E-state index in [2.05, 4.69) is 17.3 Å². The molecule has 20 heavy (non-hydrogen) atoms. The van der Waals surface area contributed by atoms with Crippen LogP contribution in [0.2, 0.25) is 5.02 Å². The topological polar surface area (TPSA) is 46.9 Å². The Morgan fingerprint density at radius 3 is 2.80 bits per heavy atom. The van der Waals surface area contributed by atoms with Crippen LogP contribution in [0.5, 0.6) is 0 Å². The lowest BCUT2D eigenvalue weighted by atomic mass is 9.85. The van der Waals surface area contributed by atoms with Crippen molar-refractivity contribution >= 4 is 17.3 Å². The highest BCUT2D eigenvalue weighted by molar-refractivity contribution is 6.32. The Morgan fingerprint density at radius 2 is 2.20 bits per heavy atom. The third-order valence-corrected chi connectivity index (χ3v) is 4.97. The zero-order valence-electron chi connectivity index (χ0n) is 11.9. The minimum Gasteiger partial charge on any atom is -0.379 e. The molecule has 1 aromatic heterocycles. The summed E-state index contributed by atoms with van der Waals surface area (Å²) in [6, 6.07) is 0. The Labute approximate surface area is 124 Å². The number of nitrogens with zero attached hydrogens (tertiary/aromatic N) is 2. The first-order valence-corrected chi connectivity index (χ1v) is 8.02. The summed E-state index contributed by atoms with van der Waals surface area (Å²) in [4.78, 5) is 12.4. The third kappa shape index (κ3) is 3.00. The third-order valence-electron chi connectivity index (χ3n) is 4.68. The van der Waals surface area contributed by atoms with Crippen molar-refractivity contribution in [3.05, 3.63) is 21.6 Å². The Balaban J connectivity index is 1.70. The van der Waals surface area contributed by atoms with Crippen LogP contribution in [0.4, 0.5) is 5.69 Å². The summed E-state index contributed by atoms with van der Waals surface area (Å²) >= 11 is 6.13. The van der Waals surface area contributed by atoms with Gasteiger partial charge in [-0.25, -0.2) is 4.68 Å². The van der Waals surface area contributed by atoms with Gasteiger partial charge in [-0.1, -0.05) is 24.9 Å². The van der Waals surface area contributed by atoms with Gasteiger partial charge < -0.3 is 5.32 Å². The van der Waals surface area contributed by atoms with Crippen LogP contribution in [0, 0.1) is 17.8 Å². The molecule has 0 amide bonds. The van der Waals surface area contributed by atoms with Crippen LogP contribution in [0.25, 0.3) is 0 Å². The van der Waals surface area contributed by atoms with Crippen LogP contribution in [0.3, 0.4) is 0 Å². The van der Waals surface area contributed by atoms with E-state index >= 15 is 0 Å². The van der Waals surface area contributed by atoms with E-state index < -0.39 is 0 Å². The second-order valence-corrected chi connectivity index (χ2v) is 6.75. The fourth-order valence-corrected chi connectivity index (χ4v) is 2.96. The van der Waals surface area contributed by atoms with Crippen LogP contribution in [0.1, 0.15) is 39.0 Å². The van der Waals surface area contributed by atoms with Crippen molar-refractivity contribution in [1.82, 2.24) is 9.78 Å². The monoisotopic (exact) mass is 295 g/mol. The summed E-state index contributed by atoms with van der Waals surface area (Å²) in [6.45, 7) is 3.77. The van der Waals surface area contributed by atoms with Gasteiger partial charge in [0, 0.05) is 13.1 Å². The zero-order chi connectivity index (χ0) is 14.1. The molecular weight excluding hydrogens is 274 g/mol. The van der Waals surface area contributed by atoms with Gasteiger partial charge in [-0.05, 0) is 43.4 Å². The maximum Gasteiger partial charge on any atom is 0.291 e. The maximum absolute atomic E-state index is 12.4. The van der Waals surface area contributed by atoms with Gasteiger partial charge in [-0.2, -0.15) is 5.10 Å². The molecule has 1 aromatic rings. The Hall–Kier alpha value is -1.03. The number of nitrogens with one attached hydrogen (secondary N) is 1. The quantitative estimate of drug-likeness (QED) is 0.877. The Kier molecular flexibility index (Phi) is 4.01. The zero-order valence-corrected chi connectivity index (χ0v) is 12.7. The van der Waals surface area contributed by atoms with E-state index in [1.807, 2.05) is 0 Å². The molecule has 5 heteroatoms. The fraction of sp³-hybridized carbons (Fsp3) is 0.733. The molecule has 2 aliphatic carbocycles. The highest BCUT2D eigenvalue weighted by Gasteiger charge is 2.28. The SMILES string of the molecule is CC(CNc1c(Cl)cnn(CC2CCC2)c1=O)C1CC1. The lowest BCUT2D eigenvalue weighted by molar-refractivity contribution is 0.262. The van der Waals surface area contributed by atoms with Crippen molar-refractivity contribution in [1.29, 1.82) is 0 Å². The second-order valence-electron chi connectivity index (χ2n) is 6.35. The van der Waals surface area contributed by atoms with Crippen LogP contribution in [0.15, 0.2) is 11.0 Å². The largest absolute Gasteiger partial charge is 0.379 e. The van der Waals surface area contributed by atoms with E-state index in [0.717, 1.165) is 19.0 Å². The van der Waals surface area contributed by atoms with Crippen LogP contribution in [-0.2, 0) is 6.54 Å². The van der Waals surface area contributed by atoms with Crippen LogP contribution in [-0.4, -0.2) is 16.3 Å². The van der Waals surface area contributed by atoms with Gasteiger partial charge in [0.1, 0.15) is 5.69 Å². The van der Waals surface area contributed by atoms with E-state index in [0.29, 0.717) is 22.5 Å². The summed E-state index contributed by atoms with van der Waals surface area (Å²) in [7, 11) is 0. The molecule has 2 fully saturated rings. The van der Waals surface area contributed by atoms with Crippen molar-refractivity contribution in [2.24, 2.45) is 17.8 Å². The molecule has 0 bridgehead atoms. The maximum atomic E-state index is 12.4. The van der Waals surface area contributed by atoms with E-state index in [4.69, 9.17) is 11.6 Å². The molecular formula is C15H22ClN3O. The van der Waals surface area contributed by atoms with E-state index in [9.17, 15) is 4.79 Å². The molecule has 0 radical (unpaired) electrons. The lowest BCUT2D eigenvalue weighted by Crippen LogP contribution is -2.31. The normalized spacial score (nSPS) is 20.5. The summed E-state index contributed by atoms with van der Waals surface area (Å²) in [5, 5.41) is 7.85. The molecule has 0 aliphatic heterocycles. The number of aromatic nitrogens is 2.